The van der Waals surface area contributed by atoms with Crippen molar-refractivity contribution in [2.24, 2.45) is 0 Å². The summed E-state index contributed by atoms with van der Waals surface area (Å²) in [7, 11) is 3.92. The van der Waals surface area contributed by atoms with Gasteiger partial charge in [0.1, 0.15) is 0 Å². The summed E-state index contributed by atoms with van der Waals surface area (Å²) in [5.74, 6) is 0. The van der Waals surface area contributed by atoms with Crippen LogP contribution < -0.4 is 5.32 Å². The highest BCUT2D eigenvalue weighted by atomic mass is 35.5. The zero-order chi connectivity index (χ0) is 14.7. The first-order valence-corrected chi connectivity index (χ1v) is 6.99. The van der Waals surface area contributed by atoms with Gasteiger partial charge < -0.3 is 20.2 Å². The van der Waals surface area contributed by atoms with E-state index in [1.165, 1.54) is 0 Å². The van der Waals surface area contributed by atoms with Crippen LogP contribution in [0.4, 0.5) is 10.5 Å². The fourth-order valence-corrected chi connectivity index (χ4v) is 2.59. The number of likely N-dealkylation sites (tertiary alicyclic amines) is 1. The molecule has 1 heterocycles. The SMILES string of the molecule is CN(C)CC1CC(O)CN1C(=O)Nc1ccc(Cl)cc1. The molecule has 2 unspecified atom stereocenters. The molecule has 1 aliphatic rings. The predicted molar refractivity (Wildman–Crippen MR) is 80.1 cm³/mol. The van der Waals surface area contributed by atoms with Crippen molar-refractivity contribution < 1.29 is 9.90 Å². The Morgan fingerprint density at radius 2 is 2.10 bits per heavy atom. The van der Waals surface area contributed by atoms with E-state index in [0.29, 0.717) is 23.7 Å². The third kappa shape index (κ3) is 3.85. The molecule has 20 heavy (non-hydrogen) atoms. The first kappa shape index (κ1) is 15.1. The van der Waals surface area contributed by atoms with Crippen molar-refractivity contribution in [1.82, 2.24) is 9.80 Å². The molecule has 6 heteroatoms. The van der Waals surface area contributed by atoms with Gasteiger partial charge in [-0.1, -0.05) is 11.6 Å². The van der Waals surface area contributed by atoms with Gasteiger partial charge in [0, 0.05) is 29.8 Å². The van der Waals surface area contributed by atoms with Crippen LogP contribution >= 0.6 is 11.6 Å². The van der Waals surface area contributed by atoms with Crippen LogP contribution in [0.15, 0.2) is 24.3 Å². The summed E-state index contributed by atoms with van der Waals surface area (Å²) >= 11 is 5.81. The fourth-order valence-electron chi connectivity index (χ4n) is 2.46. The molecule has 0 aliphatic carbocycles. The highest BCUT2D eigenvalue weighted by molar-refractivity contribution is 6.30. The molecule has 2 atom stereocenters. The van der Waals surface area contributed by atoms with Crippen molar-refractivity contribution in [3.05, 3.63) is 29.3 Å². The number of aliphatic hydroxyl groups is 1. The van der Waals surface area contributed by atoms with Gasteiger partial charge in [-0.3, -0.25) is 0 Å². The van der Waals surface area contributed by atoms with Gasteiger partial charge in [0.25, 0.3) is 0 Å². The number of anilines is 1. The number of carbonyl (C=O) groups excluding carboxylic acids is 1. The van der Waals surface area contributed by atoms with Gasteiger partial charge in [0.15, 0.2) is 0 Å². The van der Waals surface area contributed by atoms with Crippen LogP contribution in [0.3, 0.4) is 0 Å². The first-order chi connectivity index (χ1) is 9.45. The topological polar surface area (TPSA) is 55.8 Å². The average Bonchev–Trinajstić information content (AvgIpc) is 2.72. The molecule has 0 spiro atoms. The van der Waals surface area contributed by atoms with Crippen LogP contribution in [-0.4, -0.2) is 60.3 Å². The maximum atomic E-state index is 12.3. The number of benzene rings is 1. The maximum absolute atomic E-state index is 12.3. The van der Waals surface area contributed by atoms with E-state index in [1.807, 2.05) is 19.0 Å². The summed E-state index contributed by atoms with van der Waals surface area (Å²) in [6.07, 6.45) is 0.169. The van der Waals surface area contributed by atoms with Gasteiger partial charge in [0.05, 0.1) is 6.10 Å². The lowest BCUT2D eigenvalue weighted by Gasteiger charge is -2.27. The van der Waals surface area contributed by atoms with E-state index in [9.17, 15) is 9.90 Å². The number of carbonyl (C=O) groups is 1. The van der Waals surface area contributed by atoms with Gasteiger partial charge in [-0.05, 0) is 44.8 Å². The number of likely N-dealkylation sites (N-methyl/N-ethyl adjacent to an activating group) is 1. The minimum atomic E-state index is -0.448. The second-order valence-corrected chi connectivity index (χ2v) is 5.83. The van der Waals surface area contributed by atoms with Crippen molar-refractivity contribution in [2.75, 3.05) is 32.5 Å². The molecule has 0 saturated carbocycles. The van der Waals surface area contributed by atoms with Crippen molar-refractivity contribution in [3.63, 3.8) is 0 Å². The zero-order valence-corrected chi connectivity index (χ0v) is 12.5. The number of aliphatic hydroxyl groups excluding tert-OH is 1. The quantitative estimate of drug-likeness (QED) is 0.895. The van der Waals surface area contributed by atoms with Gasteiger partial charge in [0.2, 0.25) is 0 Å². The van der Waals surface area contributed by atoms with Crippen LogP contribution in [0.25, 0.3) is 0 Å². The number of nitrogens with one attached hydrogen (secondary N) is 1. The predicted octanol–water partition coefficient (Wildman–Crippen LogP) is 1.87. The van der Waals surface area contributed by atoms with Gasteiger partial charge in [-0.15, -0.1) is 0 Å². The Bertz CT molecular complexity index is 464. The summed E-state index contributed by atoms with van der Waals surface area (Å²) in [5.41, 5.74) is 0.699. The molecule has 2 N–H and O–H groups in total. The molecule has 0 radical (unpaired) electrons. The van der Waals surface area contributed by atoms with Crippen LogP contribution in [0.5, 0.6) is 0 Å². The molecule has 1 aliphatic heterocycles. The van der Waals surface area contributed by atoms with Gasteiger partial charge in [-0.25, -0.2) is 4.79 Å². The summed E-state index contributed by atoms with van der Waals surface area (Å²) < 4.78 is 0. The van der Waals surface area contributed by atoms with E-state index in [4.69, 9.17) is 11.6 Å². The lowest BCUT2D eigenvalue weighted by atomic mass is 10.2. The Labute approximate surface area is 124 Å². The van der Waals surface area contributed by atoms with Crippen molar-refractivity contribution in [2.45, 2.75) is 18.6 Å². The molecule has 2 rings (SSSR count). The van der Waals surface area contributed by atoms with E-state index in [-0.39, 0.29) is 12.1 Å². The minimum absolute atomic E-state index is 0.0345. The largest absolute Gasteiger partial charge is 0.391 e. The Hall–Kier alpha value is -1.30. The Balaban J connectivity index is 2.01. The average molecular weight is 298 g/mol. The molecule has 2 amide bonds. The minimum Gasteiger partial charge on any atom is -0.391 e. The highest BCUT2D eigenvalue weighted by Crippen LogP contribution is 2.20. The molecule has 1 aromatic carbocycles. The third-order valence-corrected chi connectivity index (χ3v) is 3.58. The van der Waals surface area contributed by atoms with E-state index < -0.39 is 6.10 Å². The van der Waals surface area contributed by atoms with Crippen molar-refractivity contribution >= 4 is 23.3 Å². The normalized spacial score (nSPS) is 22.4. The van der Waals surface area contributed by atoms with Gasteiger partial charge in [-0.2, -0.15) is 0 Å². The molecule has 5 nitrogen and oxygen atoms in total. The van der Waals surface area contributed by atoms with Crippen molar-refractivity contribution in [1.29, 1.82) is 0 Å². The fraction of sp³-hybridized carbons (Fsp3) is 0.500. The number of β-amino-alcohol motifs (C(OH)–C–C–N with tert-alkyl or cyclic N) is 1. The summed E-state index contributed by atoms with van der Waals surface area (Å²) in [6, 6.07) is 6.82. The highest BCUT2D eigenvalue weighted by Gasteiger charge is 2.34. The number of halogens is 1. The number of amides is 2. The smallest absolute Gasteiger partial charge is 0.322 e. The van der Waals surface area contributed by atoms with Crippen LogP contribution in [0.2, 0.25) is 5.02 Å². The second-order valence-electron chi connectivity index (χ2n) is 5.39. The molecule has 0 bridgehead atoms. The third-order valence-electron chi connectivity index (χ3n) is 3.32. The van der Waals surface area contributed by atoms with Crippen molar-refractivity contribution in [3.8, 4) is 0 Å². The maximum Gasteiger partial charge on any atom is 0.322 e. The molecule has 1 fully saturated rings. The lowest BCUT2D eigenvalue weighted by Crippen LogP contribution is -2.43. The molecular weight excluding hydrogens is 278 g/mol. The number of nitrogens with zero attached hydrogens (tertiary/aromatic N) is 2. The molecule has 1 saturated heterocycles. The number of urea groups is 1. The van der Waals surface area contributed by atoms with E-state index >= 15 is 0 Å². The number of hydrogen-bond donors (Lipinski definition) is 2. The van der Waals surface area contributed by atoms with E-state index in [1.54, 1.807) is 29.2 Å². The van der Waals surface area contributed by atoms with Crippen LogP contribution in [0, 0.1) is 0 Å². The van der Waals surface area contributed by atoms with E-state index in [2.05, 4.69) is 5.32 Å². The molecular formula is C14H20ClN3O2. The number of rotatable bonds is 3. The lowest BCUT2D eigenvalue weighted by molar-refractivity contribution is 0.174. The molecule has 110 valence electrons. The first-order valence-electron chi connectivity index (χ1n) is 6.61. The number of hydrogen-bond acceptors (Lipinski definition) is 3. The Morgan fingerprint density at radius 1 is 1.45 bits per heavy atom. The van der Waals surface area contributed by atoms with E-state index in [0.717, 1.165) is 6.54 Å². The summed E-state index contributed by atoms with van der Waals surface area (Å²) in [4.78, 5) is 16.0. The summed E-state index contributed by atoms with van der Waals surface area (Å²) in [5, 5.41) is 13.2. The zero-order valence-electron chi connectivity index (χ0n) is 11.7. The van der Waals surface area contributed by atoms with Crippen LogP contribution in [0.1, 0.15) is 6.42 Å². The summed E-state index contributed by atoms with van der Waals surface area (Å²) in [6.45, 7) is 1.11. The second kappa shape index (κ2) is 6.43. The Kier molecular flexibility index (Phi) is 4.86. The monoisotopic (exact) mass is 297 g/mol. The Morgan fingerprint density at radius 3 is 2.70 bits per heavy atom. The van der Waals surface area contributed by atoms with Crippen LogP contribution in [-0.2, 0) is 0 Å². The molecule has 0 aromatic heterocycles. The standard InChI is InChI=1S/C14H20ClN3O2/c1-17(2)8-12-7-13(19)9-18(12)14(20)16-11-5-3-10(15)4-6-11/h3-6,12-13,19H,7-9H2,1-2H3,(H,16,20). The van der Waals surface area contributed by atoms with Gasteiger partial charge >= 0.3 is 6.03 Å². The molecule has 1 aromatic rings.